The maximum atomic E-state index is 13.0. The molecular weight excluding hydrogens is 286 g/mol. The molecule has 0 aliphatic carbocycles. The van der Waals surface area contributed by atoms with Crippen molar-refractivity contribution in [2.75, 3.05) is 11.4 Å². The van der Waals surface area contributed by atoms with E-state index in [9.17, 15) is 4.79 Å². The molecule has 0 radical (unpaired) electrons. The highest BCUT2D eigenvalue weighted by Crippen LogP contribution is 2.31. The Balaban J connectivity index is 1.77. The van der Waals surface area contributed by atoms with Gasteiger partial charge in [-0.2, -0.15) is 0 Å². The van der Waals surface area contributed by atoms with E-state index in [1.54, 1.807) is 6.20 Å². The molecule has 1 aliphatic rings. The Morgan fingerprint density at radius 3 is 2.78 bits per heavy atom. The Kier molecular flexibility index (Phi) is 3.30. The standard InChI is InChI=1S/C19H17N3O/c1-13-6-4-7-14-8-5-11-22(18(13)14)19(23)17-12-20-15-9-2-3-10-16(15)21-17/h2-4,6-7,9-10,12H,5,8,11H2,1H3. The highest BCUT2D eigenvalue weighted by Gasteiger charge is 2.26. The van der Waals surface area contributed by atoms with Gasteiger partial charge in [-0.15, -0.1) is 0 Å². The second kappa shape index (κ2) is 5.47. The molecule has 0 saturated heterocycles. The highest BCUT2D eigenvalue weighted by atomic mass is 16.2. The maximum Gasteiger partial charge on any atom is 0.278 e. The lowest BCUT2D eigenvalue weighted by molar-refractivity contribution is 0.0980. The van der Waals surface area contributed by atoms with E-state index in [0.29, 0.717) is 5.69 Å². The summed E-state index contributed by atoms with van der Waals surface area (Å²) >= 11 is 0. The lowest BCUT2D eigenvalue weighted by atomic mass is 9.98. The van der Waals surface area contributed by atoms with Crippen LogP contribution in [0.1, 0.15) is 28.0 Å². The Morgan fingerprint density at radius 2 is 1.91 bits per heavy atom. The number of nitrogens with zero attached hydrogens (tertiary/aromatic N) is 3. The molecule has 1 aliphatic heterocycles. The molecule has 0 spiro atoms. The first-order valence-electron chi connectivity index (χ1n) is 7.86. The van der Waals surface area contributed by atoms with E-state index in [-0.39, 0.29) is 5.91 Å². The summed E-state index contributed by atoms with van der Waals surface area (Å²) in [6.07, 6.45) is 3.57. The smallest absolute Gasteiger partial charge is 0.278 e. The largest absolute Gasteiger partial charge is 0.306 e. The lowest BCUT2D eigenvalue weighted by Gasteiger charge is -2.30. The van der Waals surface area contributed by atoms with E-state index in [1.807, 2.05) is 29.2 Å². The van der Waals surface area contributed by atoms with E-state index in [1.165, 1.54) is 5.56 Å². The minimum absolute atomic E-state index is 0.0708. The number of benzene rings is 2. The summed E-state index contributed by atoms with van der Waals surface area (Å²) in [5.41, 5.74) is 5.36. The molecule has 3 aromatic rings. The third-order valence-electron chi connectivity index (χ3n) is 4.33. The van der Waals surface area contributed by atoms with Crippen molar-refractivity contribution in [2.45, 2.75) is 19.8 Å². The van der Waals surface area contributed by atoms with Crippen molar-refractivity contribution in [3.8, 4) is 0 Å². The molecular formula is C19H17N3O. The number of aryl methyl sites for hydroxylation is 2. The summed E-state index contributed by atoms with van der Waals surface area (Å²) in [6.45, 7) is 2.78. The van der Waals surface area contributed by atoms with Crippen LogP contribution in [0.5, 0.6) is 0 Å². The van der Waals surface area contributed by atoms with Crippen LogP contribution >= 0.6 is 0 Å². The van der Waals surface area contributed by atoms with Crippen LogP contribution in [0.4, 0.5) is 5.69 Å². The van der Waals surface area contributed by atoms with Crippen molar-refractivity contribution in [2.24, 2.45) is 0 Å². The number of rotatable bonds is 1. The van der Waals surface area contributed by atoms with Gasteiger partial charge >= 0.3 is 0 Å². The van der Waals surface area contributed by atoms with Crippen LogP contribution in [-0.2, 0) is 6.42 Å². The first kappa shape index (κ1) is 13.9. The zero-order chi connectivity index (χ0) is 15.8. The quantitative estimate of drug-likeness (QED) is 0.691. The summed E-state index contributed by atoms with van der Waals surface area (Å²) < 4.78 is 0. The first-order valence-corrected chi connectivity index (χ1v) is 7.86. The van der Waals surface area contributed by atoms with Crippen LogP contribution in [0, 0.1) is 6.92 Å². The summed E-state index contributed by atoms with van der Waals surface area (Å²) in [5.74, 6) is -0.0708. The number of hydrogen-bond donors (Lipinski definition) is 0. The lowest BCUT2D eigenvalue weighted by Crippen LogP contribution is -2.36. The molecule has 1 aromatic heterocycles. The van der Waals surface area contributed by atoms with Crippen molar-refractivity contribution in [3.63, 3.8) is 0 Å². The molecule has 0 N–H and O–H groups in total. The number of fused-ring (bicyclic) bond motifs is 2. The van der Waals surface area contributed by atoms with Gasteiger partial charge in [0, 0.05) is 6.54 Å². The molecule has 1 amide bonds. The summed E-state index contributed by atoms with van der Waals surface area (Å²) in [6, 6.07) is 13.8. The van der Waals surface area contributed by atoms with E-state index in [0.717, 1.165) is 41.7 Å². The Bertz CT molecular complexity index is 904. The zero-order valence-electron chi connectivity index (χ0n) is 13.0. The SMILES string of the molecule is Cc1cccc2c1N(C(=O)c1cnc3ccccc3n1)CCC2. The van der Waals surface area contributed by atoms with Gasteiger partial charge in [0.25, 0.3) is 5.91 Å². The van der Waals surface area contributed by atoms with Gasteiger partial charge in [-0.1, -0.05) is 30.3 Å². The predicted molar refractivity (Wildman–Crippen MR) is 90.7 cm³/mol. The highest BCUT2D eigenvalue weighted by molar-refractivity contribution is 6.06. The number of carbonyl (C=O) groups excluding carboxylic acids is 1. The molecule has 2 heterocycles. The average molecular weight is 303 g/mol. The Hall–Kier alpha value is -2.75. The number of aromatic nitrogens is 2. The normalized spacial score (nSPS) is 13.9. The fourth-order valence-corrected chi connectivity index (χ4v) is 3.25. The molecule has 114 valence electrons. The summed E-state index contributed by atoms with van der Waals surface area (Å²) in [4.78, 5) is 23.7. The number of carbonyl (C=O) groups is 1. The maximum absolute atomic E-state index is 13.0. The second-order valence-corrected chi connectivity index (χ2v) is 5.89. The monoisotopic (exact) mass is 303 g/mol. The predicted octanol–water partition coefficient (Wildman–Crippen LogP) is 3.53. The topological polar surface area (TPSA) is 46.1 Å². The van der Waals surface area contributed by atoms with E-state index in [2.05, 4.69) is 35.1 Å². The van der Waals surface area contributed by atoms with Crippen LogP contribution in [0.25, 0.3) is 11.0 Å². The minimum atomic E-state index is -0.0708. The number of amides is 1. The molecule has 4 nitrogen and oxygen atoms in total. The second-order valence-electron chi connectivity index (χ2n) is 5.89. The van der Waals surface area contributed by atoms with Crippen molar-refractivity contribution < 1.29 is 4.79 Å². The third kappa shape index (κ3) is 2.36. The number of anilines is 1. The summed E-state index contributed by atoms with van der Waals surface area (Å²) in [7, 11) is 0. The van der Waals surface area contributed by atoms with Crippen LogP contribution in [0.3, 0.4) is 0 Å². The molecule has 0 bridgehead atoms. The molecule has 2 aromatic carbocycles. The van der Waals surface area contributed by atoms with Gasteiger partial charge in [-0.05, 0) is 43.0 Å². The molecule has 23 heavy (non-hydrogen) atoms. The molecule has 0 atom stereocenters. The van der Waals surface area contributed by atoms with Gasteiger partial charge in [0.15, 0.2) is 0 Å². The van der Waals surface area contributed by atoms with Crippen molar-refractivity contribution in [3.05, 3.63) is 65.5 Å². The zero-order valence-corrected chi connectivity index (χ0v) is 13.0. The van der Waals surface area contributed by atoms with E-state index in [4.69, 9.17) is 0 Å². The fourth-order valence-electron chi connectivity index (χ4n) is 3.25. The van der Waals surface area contributed by atoms with Crippen molar-refractivity contribution in [1.29, 1.82) is 0 Å². The van der Waals surface area contributed by atoms with Gasteiger partial charge in [0.2, 0.25) is 0 Å². The minimum Gasteiger partial charge on any atom is -0.306 e. The average Bonchev–Trinajstić information content (AvgIpc) is 2.60. The number of hydrogen-bond acceptors (Lipinski definition) is 3. The van der Waals surface area contributed by atoms with Crippen molar-refractivity contribution >= 4 is 22.6 Å². The van der Waals surface area contributed by atoms with Crippen LogP contribution < -0.4 is 4.90 Å². The van der Waals surface area contributed by atoms with Crippen LogP contribution in [-0.4, -0.2) is 22.4 Å². The molecule has 0 unspecified atom stereocenters. The van der Waals surface area contributed by atoms with Crippen molar-refractivity contribution in [1.82, 2.24) is 9.97 Å². The van der Waals surface area contributed by atoms with E-state index >= 15 is 0 Å². The third-order valence-corrected chi connectivity index (χ3v) is 4.33. The van der Waals surface area contributed by atoms with Gasteiger partial charge in [-0.3, -0.25) is 9.78 Å². The Morgan fingerprint density at radius 1 is 1.09 bits per heavy atom. The van der Waals surface area contributed by atoms with Crippen LogP contribution in [0.15, 0.2) is 48.7 Å². The molecule has 4 heteroatoms. The van der Waals surface area contributed by atoms with Gasteiger partial charge < -0.3 is 4.90 Å². The van der Waals surface area contributed by atoms with Gasteiger partial charge in [-0.25, -0.2) is 4.98 Å². The molecule has 0 fully saturated rings. The molecule has 0 saturated carbocycles. The fraction of sp³-hybridized carbons (Fsp3) is 0.211. The van der Waals surface area contributed by atoms with Gasteiger partial charge in [0.05, 0.1) is 22.9 Å². The number of para-hydroxylation sites is 3. The van der Waals surface area contributed by atoms with Crippen LogP contribution in [0.2, 0.25) is 0 Å². The Labute approximate surface area is 134 Å². The first-order chi connectivity index (χ1) is 11.2. The summed E-state index contributed by atoms with van der Waals surface area (Å²) in [5, 5.41) is 0. The van der Waals surface area contributed by atoms with E-state index < -0.39 is 0 Å². The van der Waals surface area contributed by atoms with Gasteiger partial charge in [0.1, 0.15) is 5.69 Å². The molecule has 4 rings (SSSR count).